The van der Waals surface area contributed by atoms with Gasteiger partial charge in [-0.2, -0.15) is 0 Å². The van der Waals surface area contributed by atoms with Gasteiger partial charge < -0.3 is 4.90 Å². The van der Waals surface area contributed by atoms with Crippen LogP contribution in [-0.4, -0.2) is 28.9 Å². The van der Waals surface area contributed by atoms with Gasteiger partial charge in [0, 0.05) is 13.1 Å². The molecule has 1 aromatic heterocycles. The Morgan fingerprint density at radius 3 is 2.58 bits per heavy atom. The summed E-state index contributed by atoms with van der Waals surface area (Å²) in [7, 11) is 1.87. The number of aromatic nitrogens is 1. The molecular weight excluding hydrogens is 260 g/mol. The zero-order valence-electron chi connectivity index (χ0n) is 11.8. The van der Waals surface area contributed by atoms with Crippen LogP contribution in [0.1, 0.15) is 50.0 Å². The minimum absolute atomic E-state index is 0.0350. The first kappa shape index (κ1) is 14.3. The summed E-state index contributed by atoms with van der Waals surface area (Å²) in [6.07, 6.45) is 4.46. The standard InChI is InChI=1S/C15H21ClN2O/c1-15(2)9-7-11(8-10-15)18(3)14(19)12-5-4-6-13(16)17-12/h4-6,11H,7-10H2,1-3H3. The number of pyridine rings is 1. The molecule has 104 valence electrons. The Kier molecular flexibility index (Phi) is 4.14. The summed E-state index contributed by atoms with van der Waals surface area (Å²) in [5, 5.41) is 0.365. The van der Waals surface area contributed by atoms with Gasteiger partial charge in [-0.05, 0) is 43.2 Å². The fourth-order valence-electron chi connectivity index (χ4n) is 2.65. The minimum atomic E-state index is -0.0350. The van der Waals surface area contributed by atoms with Gasteiger partial charge in [0.2, 0.25) is 0 Å². The third kappa shape index (κ3) is 3.47. The van der Waals surface area contributed by atoms with Gasteiger partial charge in [-0.25, -0.2) is 4.98 Å². The van der Waals surface area contributed by atoms with E-state index in [4.69, 9.17) is 11.6 Å². The Bertz CT molecular complexity index is 463. The molecule has 1 aliphatic carbocycles. The molecule has 4 heteroatoms. The van der Waals surface area contributed by atoms with Crippen LogP contribution >= 0.6 is 11.6 Å². The Balaban J connectivity index is 2.04. The van der Waals surface area contributed by atoms with Crippen molar-refractivity contribution in [2.45, 2.75) is 45.6 Å². The van der Waals surface area contributed by atoms with Crippen LogP contribution in [0.15, 0.2) is 18.2 Å². The molecule has 0 saturated heterocycles. The molecule has 2 rings (SSSR count). The predicted octanol–water partition coefficient (Wildman–Crippen LogP) is 3.78. The monoisotopic (exact) mass is 280 g/mol. The minimum Gasteiger partial charge on any atom is -0.337 e. The van der Waals surface area contributed by atoms with Crippen molar-refractivity contribution in [1.29, 1.82) is 0 Å². The van der Waals surface area contributed by atoms with Crippen LogP contribution in [0.4, 0.5) is 0 Å². The predicted molar refractivity (Wildman–Crippen MR) is 77.4 cm³/mol. The van der Waals surface area contributed by atoms with E-state index in [9.17, 15) is 4.79 Å². The summed E-state index contributed by atoms with van der Waals surface area (Å²) < 4.78 is 0. The average Bonchev–Trinajstić information content (AvgIpc) is 2.37. The average molecular weight is 281 g/mol. The molecule has 0 radical (unpaired) electrons. The van der Waals surface area contributed by atoms with Gasteiger partial charge in [-0.3, -0.25) is 4.79 Å². The second kappa shape index (κ2) is 5.49. The molecule has 0 spiro atoms. The largest absolute Gasteiger partial charge is 0.337 e. The molecule has 19 heavy (non-hydrogen) atoms. The van der Waals surface area contributed by atoms with Crippen molar-refractivity contribution < 1.29 is 4.79 Å². The molecule has 0 aliphatic heterocycles. The maximum absolute atomic E-state index is 12.4. The van der Waals surface area contributed by atoms with Crippen LogP contribution in [-0.2, 0) is 0 Å². The first-order chi connectivity index (χ1) is 8.89. The quantitative estimate of drug-likeness (QED) is 0.773. The van der Waals surface area contributed by atoms with Crippen LogP contribution in [0.5, 0.6) is 0 Å². The number of carbonyl (C=O) groups excluding carboxylic acids is 1. The third-order valence-corrected chi connectivity index (χ3v) is 4.32. The van der Waals surface area contributed by atoms with Gasteiger partial charge >= 0.3 is 0 Å². The third-order valence-electron chi connectivity index (χ3n) is 4.11. The SMILES string of the molecule is CN(C(=O)c1cccc(Cl)n1)C1CCC(C)(C)CC1. The lowest BCUT2D eigenvalue weighted by molar-refractivity contribution is 0.0629. The highest BCUT2D eigenvalue weighted by atomic mass is 35.5. The highest BCUT2D eigenvalue weighted by molar-refractivity contribution is 6.29. The Morgan fingerprint density at radius 1 is 1.37 bits per heavy atom. The smallest absolute Gasteiger partial charge is 0.272 e. The van der Waals surface area contributed by atoms with Crippen molar-refractivity contribution in [1.82, 2.24) is 9.88 Å². The van der Waals surface area contributed by atoms with Crippen LogP contribution in [0.25, 0.3) is 0 Å². The van der Waals surface area contributed by atoms with E-state index < -0.39 is 0 Å². The van der Waals surface area contributed by atoms with Gasteiger partial charge in [0.25, 0.3) is 5.91 Å². The molecule has 0 bridgehead atoms. The second-order valence-corrected chi connectivity index (χ2v) is 6.54. The summed E-state index contributed by atoms with van der Waals surface area (Å²) >= 11 is 5.83. The van der Waals surface area contributed by atoms with E-state index in [1.807, 2.05) is 11.9 Å². The molecule has 3 nitrogen and oxygen atoms in total. The molecule has 1 aromatic rings. The summed E-state index contributed by atoms with van der Waals surface area (Å²) in [6.45, 7) is 4.59. The Morgan fingerprint density at radius 2 is 2.00 bits per heavy atom. The fourth-order valence-corrected chi connectivity index (χ4v) is 2.81. The van der Waals surface area contributed by atoms with Crippen molar-refractivity contribution in [3.8, 4) is 0 Å². The van der Waals surface area contributed by atoms with Crippen LogP contribution in [0.2, 0.25) is 5.15 Å². The van der Waals surface area contributed by atoms with Crippen LogP contribution in [0, 0.1) is 5.41 Å². The van der Waals surface area contributed by atoms with E-state index >= 15 is 0 Å². The summed E-state index contributed by atoms with van der Waals surface area (Å²) in [4.78, 5) is 18.3. The number of halogens is 1. The van der Waals surface area contributed by atoms with Gasteiger partial charge in [0.1, 0.15) is 10.8 Å². The lowest BCUT2D eigenvalue weighted by atomic mass is 9.75. The van der Waals surface area contributed by atoms with Crippen molar-refractivity contribution in [2.75, 3.05) is 7.05 Å². The van der Waals surface area contributed by atoms with Crippen molar-refractivity contribution >= 4 is 17.5 Å². The molecular formula is C15H21ClN2O. The Hall–Kier alpha value is -1.09. The van der Waals surface area contributed by atoms with Gasteiger partial charge in [-0.1, -0.05) is 31.5 Å². The highest BCUT2D eigenvalue weighted by Crippen LogP contribution is 2.36. The normalized spacial score (nSPS) is 19.2. The zero-order chi connectivity index (χ0) is 14.0. The molecule has 1 aliphatic rings. The summed E-state index contributed by atoms with van der Waals surface area (Å²) in [5.74, 6) is -0.0350. The molecule has 0 atom stereocenters. The van der Waals surface area contributed by atoms with Gasteiger partial charge in [0.05, 0.1) is 0 Å². The molecule has 0 N–H and O–H groups in total. The lowest BCUT2D eigenvalue weighted by Crippen LogP contribution is -2.41. The molecule has 0 unspecified atom stereocenters. The number of rotatable bonds is 2. The first-order valence-corrected chi connectivity index (χ1v) is 7.16. The second-order valence-electron chi connectivity index (χ2n) is 6.16. The van der Waals surface area contributed by atoms with Gasteiger partial charge in [0.15, 0.2) is 0 Å². The van der Waals surface area contributed by atoms with E-state index in [2.05, 4.69) is 18.8 Å². The van der Waals surface area contributed by atoms with E-state index in [-0.39, 0.29) is 5.91 Å². The first-order valence-electron chi connectivity index (χ1n) is 6.79. The number of hydrogen-bond donors (Lipinski definition) is 0. The lowest BCUT2D eigenvalue weighted by Gasteiger charge is -2.38. The van der Waals surface area contributed by atoms with E-state index in [1.54, 1.807) is 18.2 Å². The number of nitrogens with zero attached hydrogens (tertiary/aromatic N) is 2. The topological polar surface area (TPSA) is 33.2 Å². The van der Waals surface area contributed by atoms with E-state index in [0.717, 1.165) is 25.7 Å². The molecule has 0 aromatic carbocycles. The molecule has 1 saturated carbocycles. The summed E-state index contributed by atoms with van der Waals surface area (Å²) in [5.41, 5.74) is 0.842. The van der Waals surface area contributed by atoms with Crippen molar-refractivity contribution in [3.05, 3.63) is 29.0 Å². The van der Waals surface area contributed by atoms with E-state index in [1.165, 1.54) is 0 Å². The maximum atomic E-state index is 12.4. The number of carbonyl (C=O) groups is 1. The maximum Gasteiger partial charge on any atom is 0.272 e. The van der Waals surface area contributed by atoms with Crippen LogP contribution in [0.3, 0.4) is 0 Å². The fraction of sp³-hybridized carbons (Fsp3) is 0.600. The number of amides is 1. The van der Waals surface area contributed by atoms with E-state index in [0.29, 0.717) is 22.3 Å². The van der Waals surface area contributed by atoms with Crippen LogP contribution < -0.4 is 0 Å². The number of hydrogen-bond acceptors (Lipinski definition) is 2. The zero-order valence-corrected chi connectivity index (χ0v) is 12.6. The summed E-state index contributed by atoms with van der Waals surface area (Å²) in [6, 6.07) is 5.49. The van der Waals surface area contributed by atoms with Crippen molar-refractivity contribution in [2.24, 2.45) is 5.41 Å². The molecule has 1 heterocycles. The Labute approximate surface area is 120 Å². The van der Waals surface area contributed by atoms with Gasteiger partial charge in [-0.15, -0.1) is 0 Å². The highest BCUT2D eigenvalue weighted by Gasteiger charge is 2.31. The molecule has 1 fully saturated rings. The molecule has 1 amide bonds. The van der Waals surface area contributed by atoms with Crippen molar-refractivity contribution in [3.63, 3.8) is 0 Å².